The van der Waals surface area contributed by atoms with Crippen LogP contribution in [-0.4, -0.2) is 52.9 Å². The van der Waals surface area contributed by atoms with Gasteiger partial charge in [-0.2, -0.15) is 0 Å². The van der Waals surface area contributed by atoms with Gasteiger partial charge in [-0.25, -0.2) is 4.79 Å². The molecule has 1 aliphatic carbocycles. The van der Waals surface area contributed by atoms with Gasteiger partial charge in [0.25, 0.3) is 0 Å². The van der Waals surface area contributed by atoms with Crippen molar-refractivity contribution in [2.75, 3.05) is 26.8 Å². The van der Waals surface area contributed by atoms with E-state index in [-0.39, 0.29) is 29.7 Å². The van der Waals surface area contributed by atoms with Crippen molar-refractivity contribution in [1.82, 2.24) is 14.5 Å². The summed E-state index contributed by atoms with van der Waals surface area (Å²) in [6, 6.07) is 6.11. The van der Waals surface area contributed by atoms with E-state index in [2.05, 4.69) is 16.8 Å². The highest BCUT2D eigenvalue weighted by atomic mass is 35.5. The van der Waals surface area contributed by atoms with Gasteiger partial charge < -0.3 is 14.5 Å². The van der Waals surface area contributed by atoms with E-state index in [9.17, 15) is 4.79 Å². The number of rotatable bonds is 5. The Morgan fingerprint density at radius 1 is 1.17 bits per heavy atom. The van der Waals surface area contributed by atoms with Crippen LogP contribution in [0.5, 0.6) is 5.75 Å². The number of halogens is 1. The largest absolute Gasteiger partial charge is 0.494 e. The maximum Gasteiger partial charge on any atom is 0.326 e. The molecule has 1 aliphatic heterocycles. The number of methoxy groups -OCH3 is 1. The number of fused-ring (bicyclic) bond motifs is 1. The number of nitrogens with zero attached hydrogens (tertiary/aromatic N) is 2. The number of benzene rings is 1. The van der Waals surface area contributed by atoms with Gasteiger partial charge >= 0.3 is 5.69 Å². The third kappa shape index (κ3) is 4.35. The molecule has 0 atom stereocenters. The Hall–Kier alpha value is -1.50. The van der Waals surface area contributed by atoms with Gasteiger partial charge in [0.2, 0.25) is 0 Å². The number of piperidine rings is 1. The lowest BCUT2D eigenvalue weighted by Crippen LogP contribution is -2.52. The zero-order valence-corrected chi connectivity index (χ0v) is 18.6. The first-order chi connectivity index (χ1) is 13.5. The fourth-order valence-corrected chi connectivity index (χ4v) is 5.15. The molecular weight excluding hydrogens is 390 g/mol. The lowest BCUT2D eigenvalue weighted by atomic mass is 9.79. The van der Waals surface area contributed by atoms with Crippen molar-refractivity contribution >= 4 is 23.4 Å². The highest BCUT2D eigenvalue weighted by Crippen LogP contribution is 2.38. The minimum Gasteiger partial charge on any atom is -0.494 e. The van der Waals surface area contributed by atoms with E-state index in [1.54, 1.807) is 0 Å². The zero-order chi connectivity index (χ0) is 19.7. The van der Waals surface area contributed by atoms with Crippen molar-refractivity contribution in [2.24, 2.45) is 0 Å². The van der Waals surface area contributed by atoms with Gasteiger partial charge in [-0.3, -0.25) is 9.47 Å². The van der Waals surface area contributed by atoms with Crippen LogP contribution in [0.15, 0.2) is 23.0 Å². The molecule has 2 aliphatic rings. The molecule has 0 bridgehead atoms. The highest BCUT2D eigenvalue weighted by Gasteiger charge is 2.38. The second kappa shape index (κ2) is 9.11. The van der Waals surface area contributed by atoms with Crippen LogP contribution in [0.2, 0.25) is 0 Å². The third-order valence-electron chi connectivity index (χ3n) is 6.94. The van der Waals surface area contributed by atoms with Crippen molar-refractivity contribution in [3.8, 4) is 5.75 Å². The zero-order valence-electron chi connectivity index (χ0n) is 17.8. The van der Waals surface area contributed by atoms with E-state index >= 15 is 0 Å². The van der Waals surface area contributed by atoms with Crippen LogP contribution in [-0.2, 0) is 4.74 Å². The summed E-state index contributed by atoms with van der Waals surface area (Å²) in [7, 11) is 1.83. The summed E-state index contributed by atoms with van der Waals surface area (Å²) in [4.78, 5) is 18.3. The molecule has 1 aromatic heterocycles. The molecular formula is C22H34ClN3O3. The molecule has 162 valence electrons. The Bertz CT molecular complexity index is 862. The van der Waals surface area contributed by atoms with E-state index in [1.807, 2.05) is 36.8 Å². The number of likely N-dealkylation sites (tertiary alicyclic amines) is 1. The quantitative estimate of drug-likeness (QED) is 0.785. The maximum absolute atomic E-state index is 12.7. The van der Waals surface area contributed by atoms with Crippen molar-refractivity contribution in [1.29, 1.82) is 0 Å². The minimum absolute atomic E-state index is 0. The highest BCUT2D eigenvalue weighted by molar-refractivity contribution is 5.85. The molecule has 2 aromatic rings. The summed E-state index contributed by atoms with van der Waals surface area (Å²) in [5.74, 6) is 0.822. The molecule has 1 N–H and O–H groups in total. The SMILES string of the molecule is CCOc1ccc2[nH]c(=O)n(C3CCN([C@]4(C)CC[C@@H](OC)CC4)CC3)c2c1.Cl. The van der Waals surface area contributed by atoms with Gasteiger partial charge in [0.1, 0.15) is 5.75 Å². The van der Waals surface area contributed by atoms with Gasteiger partial charge in [0, 0.05) is 37.8 Å². The van der Waals surface area contributed by atoms with Gasteiger partial charge in [0.05, 0.1) is 23.7 Å². The van der Waals surface area contributed by atoms with E-state index in [0.717, 1.165) is 55.6 Å². The Morgan fingerprint density at radius 3 is 2.48 bits per heavy atom. The van der Waals surface area contributed by atoms with Crippen molar-refractivity contribution in [3.63, 3.8) is 0 Å². The monoisotopic (exact) mass is 423 g/mol. The molecule has 0 unspecified atom stereocenters. The second-order valence-electron chi connectivity index (χ2n) is 8.56. The standard InChI is InChI=1S/C22H33N3O3.ClH/c1-4-28-18-5-6-19-20(15-18)25(21(26)23-19)16-9-13-24(14-10-16)22(2)11-7-17(27-3)8-12-22;/h5-6,15-17H,4,7-14H2,1-3H3,(H,23,26);1H/t17-,22-;. The van der Waals surface area contributed by atoms with Crippen molar-refractivity contribution in [2.45, 2.75) is 70.1 Å². The molecule has 29 heavy (non-hydrogen) atoms. The van der Waals surface area contributed by atoms with Crippen LogP contribution in [0.4, 0.5) is 0 Å². The summed E-state index contributed by atoms with van der Waals surface area (Å²) < 4.78 is 13.2. The van der Waals surface area contributed by atoms with Crippen LogP contribution >= 0.6 is 12.4 Å². The van der Waals surface area contributed by atoms with Crippen LogP contribution in [0.1, 0.15) is 58.4 Å². The van der Waals surface area contributed by atoms with E-state index in [1.165, 1.54) is 12.8 Å². The Balaban J connectivity index is 0.00000240. The number of hydrogen-bond donors (Lipinski definition) is 1. The maximum atomic E-state index is 12.7. The summed E-state index contributed by atoms with van der Waals surface area (Å²) >= 11 is 0. The first-order valence-electron chi connectivity index (χ1n) is 10.7. The molecule has 4 rings (SSSR count). The third-order valence-corrected chi connectivity index (χ3v) is 6.94. The predicted octanol–water partition coefficient (Wildman–Crippen LogP) is 4.13. The Labute approximate surface area is 179 Å². The number of hydrogen-bond acceptors (Lipinski definition) is 4. The van der Waals surface area contributed by atoms with Crippen LogP contribution in [0, 0.1) is 0 Å². The lowest BCUT2D eigenvalue weighted by Gasteiger charge is -2.48. The van der Waals surface area contributed by atoms with E-state index in [0.29, 0.717) is 12.7 Å². The Morgan fingerprint density at radius 2 is 1.86 bits per heavy atom. The van der Waals surface area contributed by atoms with Crippen LogP contribution < -0.4 is 10.4 Å². The molecule has 0 spiro atoms. The number of nitrogens with one attached hydrogen (secondary N) is 1. The summed E-state index contributed by atoms with van der Waals surface area (Å²) in [6.07, 6.45) is 7.13. The van der Waals surface area contributed by atoms with Gasteiger partial charge in [-0.1, -0.05) is 0 Å². The second-order valence-corrected chi connectivity index (χ2v) is 8.56. The number of imidazole rings is 1. The number of H-pyrrole nitrogens is 1. The molecule has 7 heteroatoms. The first kappa shape index (κ1) is 22.2. The minimum atomic E-state index is -0.00564. The topological polar surface area (TPSA) is 59.5 Å². The number of ether oxygens (including phenoxy) is 2. The predicted molar refractivity (Wildman–Crippen MR) is 118 cm³/mol. The molecule has 1 saturated carbocycles. The molecule has 1 saturated heterocycles. The Kier molecular flexibility index (Phi) is 6.97. The molecule has 6 nitrogen and oxygen atoms in total. The normalized spacial score (nSPS) is 26.4. The van der Waals surface area contributed by atoms with Crippen molar-refractivity contribution < 1.29 is 9.47 Å². The fraction of sp³-hybridized carbons (Fsp3) is 0.682. The van der Waals surface area contributed by atoms with E-state index in [4.69, 9.17) is 9.47 Å². The molecule has 2 heterocycles. The molecule has 0 radical (unpaired) electrons. The van der Waals surface area contributed by atoms with Crippen molar-refractivity contribution in [3.05, 3.63) is 28.7 Å². The fourth-order valence-electron chi connectivity index (χ4n) is 5.15. The smallest absolute Gasteiger partial charge is 0.326 e. The first-order valence-corrected chi connectivity index (χ1v) is 10.7. The summed E-state index contributed by atoms with van der Waals surface area (Å²) in [5, 5.41) is 0. The van der Waals surface area contributed by atoms with E-state index < -0.39 is 0 Å². The van der Waals surface area contributed by atoms with Gasteiger partial charge in [-0.05, 0) is 64.5 Å². The van der Waals surface area contributed by atoms with Crippen LogP contribution in [0.25, 0.3) is 11.0 Å². The molecule has 0 amide bonds. The molecule has 1 aromatic carbocycles. The average Bonchev–Trinajstić information content (AvgIpc) is 3.04. The summed E-state index contributed by atoms with van der Waals surface area (Å²) in [6.45, 7) is 7.10. The number of aromatic amines is 1. The number of aromatic nitrogens is 2. The average molecular weight is 424 g/mol. The van der Waals surface area contributed by atoms with Crippen LogP contribution in [0.3, 0.4) is 0 Å². The van der Waals surface area contributed by atoms with Gasteiger partial charge in [-0.15, -0.1) is 12.4 Å². The van der Waals surface area contributed by atoms with Gasteiger partial charge in [0.15, 0.2) is 0 Å². The lowest BCUT2D eigenvalue weighted by molar-refractivity contribution is -0.0146. The molecule has 2 fully saturated rings. The summed E-state index contributed by atoms with van der Waals surface area (Å²) in [5.41, 5.74) is 2.11.